The van der Waals surface area contributed by atoms with E-state index >= 15 is 0 Å². The highest BCUT2D eigenvalue weighted by atomic mass is 16.3. The normalized spacial score (nSPS) is 10.9. The van der Waals surface area contributed by atoms with Gasteiger partial charge in [0.25, 0.3) is 5.91 Å². The van der Waals surface area contributed by atoms with E-state index in [4.69, 9.17) is 0 Å². The van der Waals surface area contributed by atoms with Crippen molar-refractivity contribution in [2.45, 2.75) is 0 Å². The fourth-order valence-corrected chi connectivity index (χ4v) is 2.30. The summed E-state index contributed by atoms with van der Waals surface area (Å²) in [6.07, 6.45) is 4.82. The second-order valence-corrected chi connectivity index (χ2v) is 5.18. The van der Waals surface area contributed by atoms with Gasteiger partial charge in [0.1, 0.15) is 0 Å². The number of benzene rings is 2. The van der Waals surface area contributed by atoms with Gasteiger partial charge in [0.05, 0.1) is 17.5 Å². The Labute approximate surface area is 143 Å². The molecule has 0 fully saturated rings. The summed E-state index contributed by atoms with van der Waals surface area (Å²) in [7, 11) is 0. The Kier molecular flexibility index (Phi) is 4.38. The molecule has 3 rings (SSSR count). The van der Waals surface area contributed by atoms with E-state index in [0.717, 1.165) is 0 Å². The molecule has 0 saturated carbocycles. The molecule has 0 unspecified atom stereocenters. The Morgan fingerprint density at radius 3 is 2.44 bits per heavy atom. The first-order valence-electron chi connectivity index (χ1n) is 7.37. The van der Waals surface area contributed by atoms with Crippen LogP contribution in [0.1, 0.15) is 15.9 Å². The molecule has 4 N–H and O–H groups in total. The highest BCUT2D eigenvalue weighted by Crippen LogP contribution is 2.36. The Bertz CT molecular complexity index is 933. The first kappa shape index (κ1) is 16.1. The first-order valence-corrected chi connectivity index (χ1v) is 7.37. The van der Waals surface area contributed by atoms with Gasteiger partial charge < -0.3 is 19.9 Å². The fourth-order valence-electron chi connectivity index (χ4n) is 2.30. The fraction of sp³-hybridized carbons (Fsp3) is 0. The Hall–Kier alpha value is -3.74. The zero-order chi connectivity index (χ0) is 17.8. The molecule has 1 heterocycles. The number of hydrazone groups is 1. The van der Waals surface area contributed by atoms with Crippen LogP contribution in [0.25, 0.3) is 5.69 Å². The number of aromatic nitrogens is 1. The van der Waals surface area contributed by atoms with Crippen molar-refractivity contribution in [2.24, 2.45) is 5.10 Å². The van der Waals surface area contributed by atoms with Crippen molar-refractivity contribution in [1.82, 2.24) is 9.99 Å². The van der Waals surface area contributed by atoms with Crippen molar-refractivity contribution in [3.63, 3.8) is 0 Å². The first-order chi connectivity index (χ1) is 12.1. The van der Waals surface area contributed by atoms with Gasteiger partial charge in [0, 0.05) is 18.0 Å². The van der Waals surface area contributed by atoms with Gasteiger partial charge in [-0.2, -0.15) is 5.10 Å². The van der Waals surface area contributed by atoms with E-state index in [1.807, 2.05) is 41.2 Å². The van der Waals surface area contributed by atoms with Crippen molar-refractivity contribution >= 4 is 12.1 Å². The minimum atomic E-state index is -0.645. The Morgan fingerprint density at radius 2 is 1.68 bits per heavy atom. The Balaban J connectivity index is 1.79. The van der Waals surface area contributed by atoms with Crippen LogP contribution < -0.4 is 5.43 Å². The molecule has 0 atom stereocenters. The summed E-state index contributed by atoms with van der Waals surface area (Å²) in [5.74, 6) is -2.04. The number of para-hydroxylation sites is 1. The van der Waals surface area contributed by atoms with Gasteiger partial charge >= 0.3 is 0 Å². The summed E-state index contributed by atoms with van der Waals surface area (Å²) in [6.45, 7) is 0. The third-order valence-electron chi connectivity index (χ3n) is 3.56. The van der Waals surface area contributed by atoms with Crippen molar-refractivity contribution in [2.75, 3.05) is 0 Å². The molecule has 7 heteroatoms. The summed E-state index contributed by atoms with van der Waals surface area (Å²) >= 11 is 0. The smallest absolute Gasteiger partial charge is 0.273 e. The maximum Gasteiger partial charge on any atom is 0.273 e. The average molecular weight is 337 g/mol. The lowest BCUT2D eigenvalue weighted by molar-refractivity contribution is 0.0955. The lowest BCUT2D eigenvalue weighted by Gasteiger charge is -2.09. The molecule has 0 spiro atoms. The molecule has 1 amide bonds. The van der Waals surface area contributed by atoms with Gasteiger partial charge in [-0.25, -0.2) is 5.43 Å². The summed E-state index contributed by atoms with van der Waals surface area (Å²) in [4.78, 5) is 12.4. The second kappa shape index (κ2) is 6.79. The van der Waals surface area contributed by atoms with E-state index in [9.17, 15) is 20.1 Å². The van der Waals surface area contributed by atoms with Crippen LogP contribution in [-0.2, 0) is 0 Å². The topological polar surface area (TPSA) is 107 Å². The number of hydrogen-bond donors (Lipinski definition) is 4. The van der Waals surface area contributed by atoms with E-state index < -0.39 is 23.2 Å². The Morgan fingerprint density at radius 1 is 0.960 bits per heavy atom. The van der Waals surface area contributed by atoms with Crippen LogP contribution in [0.15, 0.2) is 66.0 Å². The van der Waals surface area contributed by atoms with Crippen molar-refractivity contribution in [1.29, 1.82) is 0 Å². The molecular formula is C18H15N3O4. The monoisotopic (exact) mass is 337 g/mol. The summed E-state index contributed by atoms with van der Waals surface area (Å²) in [5.41, 5.74) is 3.64. The molecule has 126 valence electrons. The van der Waals surface area contributed by atoms with E-state index in [0.29, 0.717) is 11.3 Å². The number of hydrogen-bond acceptors (Lipinski definition) is 5. The highest BCUT2D eigenvalue weighted by Gasteiger charge is 2.12. The molecular weight excluding hydrogens is 322 g/mol. The molecule has 0 aliphatic heterocycles. The predicted molar refractivity (Wildman–Crippen MR) is 92.3 cm³/mol. The van der Waals surface area contributed by atoms with Crippen LogP contribution in [0.3, 0.4) is 0 Å². The predicted octanol–water partition coefficient (Wildman–Crippen LogP) is 2.36. The van der Waals surface area contributed by atoms with Crippen LogP contribution >= 0.6 is 0 Å². The summed E-state index contributed by atoms with van der Waals surface area (Å²) in [6, 6.07) is 13.3. The number of aromatic hydroxyl groups is 3. The maximum absolute atomic E-state index is 12.4. The van der Waals surface area contributed by atoms with Gasteiger partial charge in [-0.3, -0.25) is 4.79 Å². The minimum Gasteiger partial charge on any atom is -0.504 e. The van der Waals surface area contributed by atoms with Gasteiger partial charge in [-0.15, -0.1) is 0 Å². The number of amides is 1. The van der Waals surface area contributed by atoms with Crippen LogP contribution in [0, 0.1) is 0 Å². The molecule has 0 aliphatic carbocycles. The molecule has 1 aromatic heterocycles. The molecule has 0 aliphatic rings. The SMILES string of the molecule is O=C(N/N=C/c1ccc(O)c(O)c1O)c1ccccc1-n1cccc1. The van der Waals surface area contributed by atoms with Gasteiger partial charge in [-0.1, -0.05) is 12.1 Å². The van der Waals surface area contributed by atoms with E-state index in [2.05, 4.69) is 10.5 Å². The number of nitrogens with one attached hydrogen (secondary N) is 1. The standard InChI is InChI=1S/C18H15N3O4/c22-15-8-7-12(16(23)17(15)24)11-19-20-18(25)13-5-1-2-6-14(13)21-9-3-4-10-21/h1-11,22-24H,(H,20,25)/b19-11+. The van der Waals surface area contributed by atoms with Crippen LogP contribution in [0.5, 0.6) is 17.2 Å². The summed E-state index contributed by atoms with van der Waals surface area (Å²) in [5, 5.41) is 32.2. The number of nitrogens with zero attached hydrogens (tertiary/aromatic N) is 2. The molecule has 2 aromatic carbocycles. The molecule has 25 heavy (non-hydrogen) atoms. The molecule has 7 nitrogen and oxygen atoms in total. The number of phenols is 3. The molecule has 0 saturated heterocycles. The number of carbonyl (C=O) groups is 1. The van der Waals surface area contributed by atoms with Crippen LogP contribution in [-0.4, -0.2) is 32.0 Å². The van der Waals surface area contributed by atoms with E-state index in [-0.39, 0.29) is 5.56 Å². The van der Waals surface area contributed by atoms with E-state index in [1.165, 1.54) is 18.3 Å². The third-order valence-corrected chi connectivity index (χ3v) is 3.56. The largest absolute Gasteiger partial charge is 0.504 e. The molecule has 0 radical (unpaired) electrons. The highest BCUT2D eigenvalue weighted by molar-refractivity contribution is 5.98. The van der Waals surface area contributed by atoms with Crippen molar-refractivity contribution in [3.8, 4) is 22.9 Å². The van der Waals surface area contributed by atoms with E-state index in [1.54, 1.807) is 12.1 Å². The van der Waals surface area contributed by atoms with Gasteiger partial charge in [0.2, 0.25) is 5.75 Å². The molecule has 3 aromatic rings. The zero-order valence-corrected chi connectivity index (χ0v) is 13.0. The maximum atomic E-state index is 12.4. The minimum absolute atomic E-state index is 0.147. The van der Waals surface area contributed by atoms with Gasteiger partial charge in [-0.05, 0) is 36.4 Å². The lowest BCUT2D eigenvalue weighted by atomic mass is 10.1. The second-order valence-electron chi connectivity index (χ2n) is 5.18. The summed E-state index contributed by atoms with van der Waals surface area (Å²) < 4.78 is 1.81. The average Bonchev–Trinajstić information content (AvgIpc) is 3.16. The van der Waals surface area contributed by atoms with Crippen LogP contribution in [0.4, 0.5) is 0 Å². The van der Waals surface area contributed by atoms with Gasteiger partial charge in [0.15, 0.2) is 11.5 Å². The quantitative estimate of drug-likeness (QED) is 0.333. The zero-order valence-electron chi connectivity index (χ0n) is 13.0. The van der Waals surface area contributed by atoms with Crippen molar-refractivity contribution < 1.29 is 20.1 Å². The lowest BCUT2D eigenvalue weighted by Crippen LogP contribution is -2.19. The van der Waals surface area contributed by atoms with Crippen molar-refractivity contribution in [3.05, 3.63) is 72.1 Å². The number of phenolic OH excluding ortho intramolecular Hbond substituents is 3. The third kappa shape index (κ3) is 3.30. The molecule has 0 bridgehead atoms. The number of rotatable bonds is 4. The number of carbonyl (C=O) groups excluding carboxylic acids is 1. The van der Waals surface area contributed by atoms with Crippen LogP contribution in [0.2, 0.25) is 0 Å².